The van der Waals surface area contributed by atoms with Crippen LogP contribution < -0.4 is 10.1 Å². The lowest BCUT2D eigenvalue weighted by atomic mass is 10.2. The number of hydrogen-bond acceptors (Lipinski definition) is 4. The van der Waals surface area contributed by atoms with Crippen LogP contribution in [0.15, 0.2) is 23.6 Å². The molecule has 1 heterocycles. The fourth-order valence-corrected chi connectivity index (χ4v) is 2.64. The first-order valence-electron chi connectivity index (χ1n) is 5.63. The zero-order valence-electron chi connectivity index (χ0n) is 10.4. The Balaban J connectivity index is 1.88. The van der Waals surface area contributed by atoms with E-state index in [-0.39, 0.29) is 0 Å². The highest BCUT2D eigenvalue weighted by molar-refractivity contribution is 7.09. The van der Waals surface area contributed by atoms with Crippen LogP contribution in [-0.2, 0) is 13.1 Å². The van der Waals surface area contributed by atoms with Crippen LogP contribution in [0.1, 0.15) is 16.3 Å². The minimum Gasteiger partial charge on any atom is -0.495 e. The summed E-state index contributed by atoms with van der Waals surface area (Å²) in [5.74, 6) is 0.705. The lowest BCUT2D eigenvalue weighted by molar-refractivity contribution is 0.415. The summed E-state index contributed by atoms with van der Waals surface area (Å²) < 4.78 is 5.12. The first-order valence-corrected chi connectivity index (χ1v) is 6.89. The predicted molar refractivity (Wildman–Crippen MR) is 75.4 cm³/mol. The molecule has 3 nitrogen and oxygen atoms in total. The molecule has 5 heteroatoms. The molecule has 0 bridgehead atoms. The van der Waals surface area contributed by atoms with Crippen molar-refractivity contribution in [2.24, 2.45) is 0 Å². The second kappa shape index (κ2) is 6.18. The van der Waals surface area contributed by atoms with Crippen molar-refractivity contribution in [3.63, 3.8) is 0 Å². The van der Waals surface area contributed by atoms with Gasteiger partial charge in [-0.2, -0.15) is 0 Å². The largest absolute Gasteiger partial charge is 0.495 e. The molecule has 1 aromatic heterocycles. The zero-order chi connectivity index (χ0) is 13.0. The molecule has 2 rings (SSSR count). The highest BCUT2D eigenvalue weighted by atomic mass is 35.5. The van der Waals surface area contributed by atoms with Crippen LogP contribution in [0.3, 0.4) is 0 Å². The Morgan fingerprint density at radius 3 is 2.83 bits per heavy atom. The number of methoxy groups -OCH3 is 1. The standard InChI is InChI=1S/C13H15ClN2OS/c1-9-8-18-13(16-9)7-15-6-10-3-4-12(17-2)11(14)5-10/h3-5,8,15H,6-7H2,1-2H3. The second-order valence-corrected chi connectivity index (χ2v) is 5.30. The maximum atomic E-state index is 6.07. The van der Waals surface area contributed by atoms with Gasteiger partial charge in [-0.05, 0) is 24.6 Å². The first-order chi connectivity index (χ1) is 8.69. The van der Waals surface area contributed by atoms with Gasteiger partial charge in [-0.1, -0.05) is 17.7 Å². The lowest BCUT2D eigenvalue weighted by Crippen LogP contribution is -2.12. The lowest BCUT2D eigenvalue weighted by Gasteiger charge is -2.06. The van der Waals surface area contributed by atoms with Gasteiger partial charge in [-0.3, -0.25) is 0 Å². The van der Waals surface area contributed by atoms with Gasteiger partial charge in [0.2, 0.25) is 0 Å². The van der Waals surface area contributed by atoms with Crippen LogP contribution in [0, 0.1) is 6.92 Å². The van der Waals surface area contributed by atoms with Gasteiger partial charge in [-0.25, -0.2) is 4.98 Å². The molecule has 0 amide bonds. The summed E-state index contributed by atoms with van der Waals surface area (Å²) in [6, 6.07) is 5.80. The van der Waals surface area contributed by atoms with Crippen molar-refractivity contribution in [1.29, 1.82) is 0 Å². The van der Waals surface area contributed by atoms with Crippen molar-refractivity contribution < 1.29 is 4.74 Å². The normalized spacial score (nSPS) is 10.6. The maximum Gasteiger partial charge on any atom is 0.137 e. The third kappa shape index (κ3) is 3.45. The SMILES string of the molecule is COc1ccc(CNCc2nc(C)cs2)cc1Cl. The Kier molecular flexibility index (Phi) is 4.58. The minimum atomic E-state index is 0.641. The van der Waals surface area contributed by atoms with Crippen LogP contribution in [0.5, 0.6) is 5.75 Å². The molecule has 0 saturated carbocycles. The summed E-state index contributed by atoms with van der Waals surface area (Å²) in [6.45, 7) is 3.55. The highest BCUT2D eigenvalue weighted by Crippen LogP contribution is 2.24. The molecule has 2 aromatic rings. The van der Waals surface area contributed by atoms with Gasteiger partial charge >= 0.3 is 0 Å². The van der Waals surface area contributed by atoms with E-state index < -0.39 is 0 Å². The molecule has 0 aliphatic carbocycles. The number of aromatic nitrogens is 1. The van der Waals surface area contributed by atoms with Crippen molar-refractivity contribution >= 4 is 22.9 Å². The predicted octanol–water partition coefficient (Wildman–Crippen LogP) is 3.40. The van der Waals surface area contributed by atoms with E-state index in [0.29, 0.717) is 10.8 Å². The molecule has 1 aromatic carbocycles. The van der Waals surface area contributed by atoms with Crippen molar-refractivity contribution in [2.45, 2.75) is 20.0 Å². The first kappa shape index (κ1) is 13.3. The number of nitrogens with one attached hydrogen (secondary N) is 1. The average Bonchev–Trinajstić information content (AvgIpc) is 2.75. The fourth-order valence-electron chi connectivity index (χ4n) is 1.62. The number of nitrogens with zero attached hydrogens (tertiary/aromatic N) is 1. The number of rotatable bonds is 5. The van der Waals surface area contributed by atoms with Gasteiger partial charge in [0, 0.05) is 24.2 Å². The summed E-state index contributed by atoms with van der Waals surface area (Å²) in [5, 5.41) is 7.15. The number of benzene rings is 1. The van der Waals surface area contributed by atoms with E-state index in [2.05, 4.69) is 15.7 Å². The molecule has 0 saturated heterocycles. The molecule has 96 valence electrons. The Morgan fingerprint density at radius 1 is 1.39 bits per heavy atom. The molecule has 0 atom stereocenters. The van der Waals surface area contributed by atoms with E-state index in [1.807, 2.05) is 25.1 Å². The minimum absolute atomic E-state index is 0.641. The van der Waals surface area contributed by atoms with Crippen LogP contribution in [0.2, 0.25) is 5.02 Å². The van der Waals surface area contributed by atoms with Crippen LogP contribution in [0.25, 0.3) is 0 Å². The topological polar surface area (TPSA) is 34.1 Å². The number of thiazole rings is 1. The van der Waals surface area contributed by atoms with E-state index in [9.17, 15) is 0 Å². The molecule has 0 aliphatic heterocycles. The molecular weight excluding hydrogens is 268 g/mol. The molecule has 0 unspecified atom stereocenters. The molecule has 0 fully saturated rings. The van der Waals surface area contributed by atoms with E-state index in [4.69, 9.17) is 16.3 Å². The van der Waals surface area contributed by atoms with E-state index in [0.717, 1.165) is 29.4 Å². The molecule has 0 spiro atoms. The van der Waals surface area contributed by atoms with Crippen LogP contribution >= 0.6 is 22.9 Å². The Labute approximate surface area is 116 Å². The van der Waals surface area contributed by atoms with Crippen molar-refractivity contribution in [1.82, 2.24) is 10.3 Å². The molecule has 0 aliphatic rings. The van der Waals surface area contributed by atoms with E-state index >= 15 is 0 Å². The van der Waals surface area contributed by atoms with E-state index in [1.54, 1.807) is 18.4 Å². The Bertz CT molecular complexity index is 527. The summed E-state index contributed by atoms with van der Waals surface area (Å²) in [4.78, 5) is 4.40. The molecule has 18 heavy (non-hydrogen) atoms. The fraction of sp³-hybridized carbons (Fsp3) is 0.308. The van der Waals surface area contributed by atoms with Crippen molar-refractivity contribution in [3.8, 4) is 5.75 Å². The molecule has 0 radical (unpaired) electrons. The summed E-state index contributed by atoms with van der Waals surface area (Å²) in [5.41, 5.74) is 2.21. The highest BCUT2D eigenvalue weighted by Gasteiger charge is 2.02. The third-order valence-electron chi connectivity index (χ3n) is 2.49. The molecular formula is C13H15ClN2OS. The van der Waals surface area contributed by atoms with E-state index in [1.165, 1.54) is 0 Å². The van der Waals surface area contributed by atoms with Crippen LogP contribution in [0.4, 0.5) is 0 Å². The van der Waals surface area contributed by atoms with Gasteiger partial charge in [0.25, 0.3) is 0 Å². The van der Waals surface area contributed by atoms with Gasteiger partial charge in [-0.15, -0.1) is 11.3 Å². The van der Waals surface area contributed by atoms with Gasteiger partial charge in [0.1, 0.15) is 10.8 Å². The summed E-state index contributed by atoms with van der Waals surface area (Å²) >= 11 is 7.74. The van der Waals surface area contributed by atoms with Gasteiger partial charge in [0.05, 0.1) is 12.1 Å². The smallest absolute Gasteiger partial charge is 0.137 e. The Morgan fingerprint density at radius 2 is 2.22 bits per heavy atom. The monoisotopic (exact) mass is 282 g/mol. The second-order valence-electron chi connectivity index (χ2n) is 3.96. The summed E-state index contributed by atoms with van der Waals surface area (Å²) in [6.07, 6.45) is 0. The summed E-state index contributed by atoms with van der Waals surface area (Å²) in [7, 11) is 1.62. The average molecular weight is 283 g/mol. The third-order valence-corrected chi connectivity index (χ3v) is 3.75. The maximum absolute atomic E-state index is 6.07. The number of hydrogen-bond donors (Lipinski definition) is 1. The van der Waals surface area contributed by atoms with Gasteiger partial charge in [0.15, 0.2) is 0 Å². The van der Waals surface area contributed by atoms with Crippen LogP contribution in [-0.4, -0.2) is 12.1 Å². The van der Waals surface area contributed by atoms with Gasteiger partial charge < -0.3 is 10.1 Å². The number of halogens is 1. The Hall–Kier alpha value is -1.10. The van der Waals surface area contributed by atoms with Crippen molar-refractivity contribution in [3.05, 3.63) is 44.9 Å². The molecule has 1 N–H and O–H groups in total. The number of ether oxygens (including phenoxy) is 1. The zero-order valence-corrected chi connectivity index (χ0v) is 11.9. The number of aryl methyl sites for hydroxylation is 1. The quantitative estimate of drug-likeness (QED) is 0.913. The van der Waals surface area contributed by atoms with Crippen molar-refractivity contribution in [2.75, 3.05) is 7.11 Å².